The van der Waals surface area contributed by atoms with Gasteiger partial charge in [-0.1, -0.05) is 6.07 Å². The van der Waals surface area contributed by atoms with Crippen molar-refractivity contribution in [2.24, 2.45) is 0 Å². The Morgan fingerprint density at radius 3 is 2.54 bits per heavy atom. The van der Waals surface area contributed by atoms with E-state index in [9.17, 15) is 4.79 Å². The van der Waals surface area contributed by atoms with Gasteiger partial charge in [-0.3, -0.25) is 4.79 Å². The van der Waals surface area contributed by atoms with E-state index < -0.39 is 0 Å². The third kappa shape index (κ3) is 4.64. The third-order valence-electron chi connectivity index (χ3n) is 4.22. The molecule has 1 amide bonds. The molecule has 2 aromatic heterocycles. The van der Waals surface area contributed by atoms with Crippen molar-refractivity contribution in [3.63, 3.8) is 0 Å². The molecule has 0 saturated heterocycles. The molecule has 2 heterocycles. The zero-order valence-electron chi connectivity index (χ0n) is 16.6. The molecular weight excluding hydrogens is 354 g/mol. The van der Waals surface area contributed by atoms with Crippen molar-refractivity contribution in [1.29, 1.82) is 0 Å². The Morgan fingerprint density at radius 1 is 1.07 bits per heavy atom. The van der Waals surface area contributed by atoms with E-state index in [4.69, 9.17) is 0 Å². The zero-order chi connectivity index (χ0) is 20.1. The minimum atomic E-state index is -0.101. The van der Waals surface area contributed by atoms with Crippen LogP contribution in [-0.2, 0) is 0 Å². The van der Waals surface area contributed by atoms with Crippen molar-refractivity contribution >= 4 is 17.4 Å². The summed E-state index contributed by atoms with van der Waals surface area (Å²) in [6.45, 7) is 4.95. The lowest BCUT2D eigenvalue weighted by molar-refractivity contribution is 0.0955. The third-order valence-corrected chi connectivity index (χ3v) is 4.22. The van der Waals surface area contributed by atoms with Crippen molar-refractivity contribution in [3.8, 4) is 5.82 Å². The summed E-state index contributed by atoms with van der Waals surface area (Å²) in [5.74, 6) is 1.22. The van der Waals surface area contributed by atoms with Crippen LogP contribution < -0.4 is 15.5 Å². The van der Waals surface area contributed by atoms with Crippen LogP contribution in [0.25, 0.3) is 5.82 Å². The monoisotopic (exact) mass is 379 g/mol. The molecule has 0 spiro atoms. The molecular formula is C20H25N7O. The van der Waals surface area contributed by atoms with Gasteiger partial charge in [-0.15, -0.1) is 10.2 Å². The van der Waals surface area contributed by atoms with E-state index in [2.05, 4.69) is 25.9 Å². The smallest absolute Gasteiger partial charge is 0.251 e. The molecule has 3 rings (SSSR count). The van der Waals surface area contributed by atoms with Crippen LogP contribution in [0.2, 0.25) is 0 Å². The Morgan fingerprint density at radius 2 is 1.89 bits per heavy atom. The summed E-state index contributed by atoms with van der Waals surface area (Å²) in [6, 6.07) is 13.2. The fraction of sp³-hybridized carbons (Fsp3) is 0.300. The summed E-state index contributed by atoms with van der Waals surface area (Å²) in [7, 11) is 3.89. The molecule has 8 nitrogen and oxygen atoms in total. The predicted octanol–water partition coefficient (Wildman–Crippen LogP) is 2.19. The normalized spacial score (nSPS) is 10.6. The Bertz CT molecular complexity index is 947. The summed E-state index contributed by atoms with van der Waals surface area (Å²) in [4.78, 5) is 14.2. The lowest BCUT2D eigenvalue weighted by Gasteiger charge is -2.13. The maximum atomic E-state index is 12.3. The predicted molar refractivity (Wildman–Crippen MR) is 110 cm³/mol. The summed E-state index contributed by atoms with van der Waals surface area (Å²) in [5, 5.41) is 18.8. The number of aromatic nitrogens is 4. The molecule has 0 atom stereocenters. The van der Waals surface area contributed by atoms with Gasteiger partial charge in [0.05, 0.1) is 5.69 Å². The average molecular weight is 379 g/mol. The van der Waals surface area contributed by atoms with Gasteiger partial charge >= 0.3 is 0 Å². The minimum absolute atomic E-state index is 0.101. The Kier molecular flexibility index (Phi) is 5.88. The highest BCUT2D eigenvalue weighted by molar-refractivity contribution is 5.95. The molecule has 3 aromatic rings. The molecule has 0 unspecified atom stereocenters. The Balaban J connectivity index is 1.49. The van der Waals surface area contributed by atoms with Crippen molar-refractivity contribution in [1.82, 2.24) is 25.3 Å². The highest BCUT2D eigenvalue weighted by Crippen LogP contribution is 2.13. The summed E-state index contributed by atoms with van der Waals surface area (Å²) < 4.78 is 1.76. The molecule has 8 heteroatoms. The fourth-order valence-electron chi connectivity index (χ4n) is 2.79. The van der Waals surface area contributed by atoms with Gasteiger partial charge < -0.3 is 15.5 Å². The van der Waals surface area contributed by atoms with E-state index in [1.807, 2.05) is 69.2 Å². The summed E-state index contributed by atoms with van der Waals surface area (Å²) >= 11 is 0. The number of carbonyl (C=O) groups excluding carboxylic acids is 1. The van der Waals surface area contributed by atoms with Crippen LogP contribution in [0, 0.1) is 13.8 Å². The van der Waals surface area contributed by atoms with Gasteiger partial charge in [-0.05, 0) is 50.2 Å². The fourth-order valence-corrected chi connectivity index (χ4v) is 2.79. The highest BCUT2D eigenvalue weighted by atomic mass is 16.1. The number of hydrogen-bond acceptors (Lipinski definition) is 6. The van der Waals surface area contributed by atoms with Crippen molar-refractivity contribution in [2.45, 2.75) is 13.8 Å². The van der Waals surface area contributed by atoms with E-state index in [1.165, 1.54) is 0 Å². The molecule has 0 saturated carbocycles. The largest absolute Gasteiger partial charge is 0.378 e. The minimum Gasteiger partial charge on any atom is -0.378 e. The molecule has 0 fully saturated rings. The van der Waals surface area contributed by atoms with E-state index in [0.717, 1.165) is 17.1 Å². The number of aryl methyl sites for hydroxylation is 2. The first-order valence-corrected chi connectivity index (χ1v) is 9.11. The second-order valence-electron chi connectivity index (χ2n) is 6.74. The second kappa shape index (κ2) is 8.51. The van der Waals surface area contributed by atoms with Gasteiger partial charge in [0.25, 0.3) is 5.91 Å². The molecule has 2 N–H and O–H groups in total. The number of benzene rings is 1. The molecule has 0 aliphatic heterocycles. The lowest BCUT2D eigenvalue weighted by Crippen LogP contribution is -2.29. The van der Waals surface area contributed by atoms with Gasteiger partial charge in [0, 0.05) is 44.1 Å². The van der Waals surface area contributed by atoms with Gasteiger partial charge in [0.15, 0.2) is 5.82 Å². The first-order chi connectivity index (χ1) is 13.4. The molecule has 0 radical (unpaired) electrons. The zero-order valence-corrected chi connectivity index (χ0v) is 16.6. The molecule has 1 aromatic carbocycles. The van der Waals surface area contributed by atoms with Gasteiger partial charge in [0.2, 0.25) is 0 Å². The number of anilines is 2. The van der Waals surface area contributed by atoms with Crippen LogP contribution in [0.4, 0.5) is 11.5 Å². The SMILES string of the molecule is Cc1cc(C)n(-c2ccc(NCCNC(=O)c3cccc(N(C)C)c3)nn2)n1. The van der Waals surface area contributed by atoms with Gasteiger partial charge in [-0.25, -0.2) is 4.68 Å². The quantitative estimate of drug-likeness (QED) is 0.612. The number of nitrogens with zero attached hydrogens (tertiary/aromatic N) is 5. The molecule has 146 valence electrons. The molecule has 0 aliphatic carbocycles. The summed E-state index contributed by atoms with van der Waals surface area (Å²) in [5.41, 5.74) is 3.57. The van der Waals surface area contributed by atoms with Crippen LogP contribution in [0.5, 0.6) is 0 Å². The number of amides is 1. The van der Waals surface area contributed by atoms with Crippen molar-refractivity contribution in [2.75, 3.05) is 37.4 Å². The van der Waals surface area contributed by atoms with Crippen LogP contribution in [0.15, 0.2) is 42.5 Å². The molecule has 28 heavy (non-hydrogen) atoms. The van der Waals surface area contributed by atoms with Crippen molar-refractivity contribution in [3.05, 3.63) is 59.4 Å². The Labute approximate surface area is 164 Å². The average Bonchev–Trinajstić information content (AvgIpc) is 3.03. The van der Waals surface area contributed by atoms with E-state index in [1.54, 1.807) is 10.7 Å². The maximum Gasteiger partial charge on any atom is 0.251 e. The van der Waals surface area contributed by atoms with Crippen LogP contribution >= 0.6 is 0 Å². The first kappa shape index (κ1) is 19.3. The second-order valence-corrected chi connectivity index (χ2v) is 6.74. The number of hydrogen-bond donors (Lipinski definition) is 2. The standard InChI is InChI=1S/C20H25N7O/c1-14-12-15(2)27(25-14)19-9-8-18(23-24-19)21-10-11-22-20(28)16-6-5-7-17(13-16)26(3)4/h5-9,12-13H,10-11H2,1-4H3,(H,21,23)(H,22,28). The molecule has 0 aliphatic rings. The maximum absolute atomic E-state index is 12.3. The highest BCUT2D eigenvalue weighted by Gasteiger charge is 2.07. The first-order valence-electron chi connectivity index (χ1n) is 9.11. The topological polar surface area (TPSA) is 88.0 Å². The van der Waals surface area contributed by atoms with Crippen LogP contribution in [0.1, 0.15) is 21.7 Å². The van der Waals surface area contributed by atoms with Crippen molar-refractivity contribution < 1.29 is 4.79 Å². The van der Waals surface area contributed by atoms with Crippen LogP contribution in [0.3, 0.4) is 0 Å². The lowest BCUT2D eigenvalue weighted by atomic mass is 10.2. The van der Waals surface area contributed by atoms with E-state index >= 15 is 0 Å². The number of carbonyl (C=O) groups is 1. The number of rotatable bonds is 7. The van der Waals surface area contributed by atoms with Gasteiger partial charge in [-0.2, -0.15) is 5.10 Å². The van der Waals surface area contributed by atoms with Crippen LogP contribution in [-0.4, -0.2) is 53.1 Å². The van der Waals surface area contributed by atoms with E-state index in [-0.39, 0.29) is 5.91 Å². The molecule has 0 bridgehead atoms. The van der Waals surface area contributed by atoms with E-state index in [0.29, 0.717) is 30.3 Å². The number of nitrogens with one attached hydrogen (secondary N) is 2. The Hall–Kier alpha value is -3.42. The van der Waals surface area contributed by atoms with Gasteiger partial charge in [0.1, 0.15) is 5.82 Å². The summed E-state index contributed by atoms with van der Waals surface area (Å²) in [6.07, 6.45) is 0.